The number of aromatic nitrogens is 4. The Labute approximate surface area is 197 Å². The molecule has 1 aliphatic rings. The Hall–Kier alpha value is -3.73. The van der Waals surface area contributed by atoms with Crippen molar-refractivity contribution in [1.82, 2.24) is 19.7 Å². The van der Waals surface area contributed by atoms with Crippen LogP contribution in [0.25, 0.3) is 0 Å². The molecule has 3 heterocycles. The van der Waals surface area contributed by atoms with E-state index in [1.807, 2.05) is 32.0 Å². The number of ether oxygens (including phenoxy) is 2. The number of likely N-dealkylation sites (N-methyl/N-ethyl adjacent to an activating group) is 1. The van der Waals surface area contributed by atoms with Gasteiger partial charge in [0.05, 0.1) is 31.6 Å². The molecular formula is C23H28FN7O3. The van der Waals surface area contributed by atoms with Gasteiger partial charge in [0.1, 0.15) is 23.3 Å². The number of hydrogen-bond acceptors (Lipinski definition) is 8. The molecule has 34 heavy (non-hydrogen) atoms. The average molecular weight is 470 g/mol. The molecular weight excluding hydrogens is 441 g/mol. The highest BCUT2D eigenvalue weighted by atomic mass is 19.1. The molecule has 0 unspecified atom stereocenters. The summed E-state index contributed by atoms with van der Waals surface area (Å²) < 4.78 is 26.0. The van der Waals surface area contributed by atoms with E-state index in [1.54, 1.807) is 24.1 Å². The zero-order chi connectivity index (χ0) is 24.4. The second-order valence-electron chi connectivity index (χ2n) is 8.22. The molecule has 0 radical (unpaired) electrons. The molecule has 2 aromatic heterocycles. The Morgan fingerprint density at radius 1 is 1.24 bits per heavy atom. The highest BCUT2D eigenvalue weighted by Gasteiger charge is 2.37. The summed E-state index contributed by atoms with van der Waals surface area (Å²) in [4.78, 5) is 23.5. The fourth-order valence-corrected chi connectivity index (χ4v) is 3.98. The number of nitrogens with zero attached hydrogens (tertiary/aromatic N) is 5. The standard InChI is InChI=1S/C23H28FN7O3/c1-13-19-21(30(3)20(14(2)33-4)22(32)28-19)29-23(27-13)25-9-16-10-26-31(12-16)11-15-6-17(24)8-18(7-15)34-5/h6-8,10,12,14,20H,9,11H2,1-5H3,(H,28,32)(H,25,27,29)/t14-,20+/m1/s1. The van der Waals surface area contributed by atoms with E-state index in [4.69, 9.17) is 9.47 Å². The molecule has 1 aromatic carbocycles. The van der Waals surface area contributed by atoms with Gasteiger partial charge in [-0.3, -0.25) is 9.48 Å². The van der Waals surface area contributed by atoms with Crippen molar-refractivity contribution in [3.05, 3.63) is 53.2 Å². The summed E-state index contributed by atoms with van der Waals surface area (Å²) in [5.74, 6) is 1.02. The van der Waals surface area contributed by atoms with E-state index in [-0.39, 0.29) is 17.8 Å². The third-order valence-corrected chi connectivity index (χ3v) is 5.80. The minimum atomic E-state index is -0.501. The number of carbonyl (C=O) groups is 1. The summed E-state index contributed by atoms with van der Waals surface area (Å²) in [6.07, 6.45) is 3.30. The van der Waals surface area contributed by atoms with Crippen LogP contribution in [0.15, 0.2) is 30.6 Å². The summed E-state index contributed by atoms with van der Waals surface area (Å²) in [5.41, 5.74) is 2.91. The molecule has 1 aliphatic heterocycles. The van der Waals surface area contributed by atoms with E-state index in [0.717, 1.165) is 11.1 Å². The normalized spacial score (nSPS) is 16.1. The Bertz CT molecular complexity index is 1200. The summed E-state index contributed by atoms with van der Waals surface area (Å²) in [5, 5.41) is 10.5. The number of rotatable bonds is 8. The number of methoxy groups -OCH3 is 2. The third kappa shape index (κ3) is 4.79. The Kier molecular flexibility index (Phi) is 6.64. The van der Waals surface area contributed by atoms with Gasteiger partial charge < -0.3 is 25.0 Å². The Balaban J connectivity index is 1.47. The predicted octanol–water partition coefficient (Wildman–Crippen LogP) is 2.58. The summed E-state index contributed by atoms with van der Waals surface area (Å²) >= 11 is 0. The van der Waals surface area contributed by atoms with Crippen LogP contribution in [0.2, 0.25) is 0 Å². The van der Waals surface area contributed by atoms with Crippen molar-refractivity contribution in [3.63, 3.8) is 0 Å². The Morgan fingerprint density at radius 2 is 2.03 bits per heavy atom. The summed E-state index contributed by atoms with van der Waals surface area (Å²) in [6.45, 7) is 4.52. The van der Waals surface area contributed by atoms with Gasteiger partial charge in [0, 0.05) is 38.5 Å². The maximum absolute atomic E-state index is 13.8. The van der Waals surface area contributed by atoms with E-state index in [9.17, 15) is 9.18 Å². The molecule has 2 atom stereocenters. The van der Waals surface area contributed by atoms with Gasteiger partial charge >= 0.3 is 0 Å². The van der Waals surface area contributed by atoms with Crippen LogP contribution in [0.5, 0.6) is 5.75 Å². The highest BCUT2D eigenvalue weighted by Crippen LogP contribution is 2.33. The monoisotopic (exact) mass is 469 g/mol. The molecule has 0 fully saturated rings. The number of amides is 1. The van der Waals surface area contributed by atoms with E-state index < -0.39 is 6.04 Å². The van der Waals surface area contributed by atoms with Crippen LogP contribution in [0.1, 0.15) is 23.7 Å². The molecule has 0 bridgehead atoms. The molecule has 1 amide bonds. The maximum Gasteiger partial charge on any atom is 0.249 e. The zero-order valence-electron chi connectivity index (χ0n) is 19.8. The van der Waals surface area contributed by atoms with Crippen LogP contribution in [-0.4, -0.2) is 59.1 Å². The van der Waals surface area contributed by atoms with Crippen LogP contribution in [0.4, 0.5) is 21.8 Å². The molecule has 0 spiro atoms. The molecule has 3 aromatic rings. The molecule has 180 valence electrons. The molecule has 11 heteroatoms. The van der Waals surface area contributed by atoms with Crippen molar-refractivity contribution >= 4 is 23.4 Å². The van der Waals surface area contributed by atoms with Crippen LogP contribution in [-0.2, 0) is 22.6 Å². The first-order chi connectivity index (χ1) is 16.3. The van der Waals surface area contributed by atoms with Crippen molar-refractivity contribution < 1.29 is 18.7 Å². The highest BCUT2D eigenvalue weighted by molar-refractivity contribution is 6.03. The molecule has 0 aliphatic carbocycles. The number of benzene rings is 1. The number of fused-ring (bicyclic) bond motifs is 1. The van der Waals surface area contributed by atoms with Gasteiger partial charge in [-0.2, -0.15) is 10.1 Å². The quantitative estimate of drug-likeness (QED) is 0.519. The molecule has 4 rings (SSSR count). The first kappa shape index (κ1) is 23.4. The van der Waals surface area contributed by atoms with Gasteiger partial charge in [-0.15, -0.1) is 0 Å². The Morgan fingerprint density at radius 3 is 2.76 bits per heavy atom. The van der Waals surface area contributed by atoms with Crippen molar-refractivity contribution in [1.29, 1.82) is 0 Å². The summed E-state index contributed by atoms with van der Waals surface area (Å²) in [6, 6.07) is 4.07. The number of halogens is 1. The molecule has 2 N–H and O–H groups in total. The van der Waals surface area contributed by atoms with E-state index in [0.29, 0.717) is 42.0 Å². The molecule has 0 saturated heterocycles. The second kappa shape index (κ2) is 9.64. The van der Waals surface area contributed by atoms with E-state index in [2.05, 4.69) is 25.7 Å². The van der Waals surface area contributed by atoms with Crippen LogP contribution in [0, 0.1) is 12.7 Å². The summed E-state index contributed by atoms with van der Waals surface area (Å²) in [7, 11) is 4.90. The first-order valence-corrected chi connectivity index (χ1v) is 10.8. The van der Waals surface area contributed by atoms with Crippen LogP contribution < -0.4 is 20.3 Å². The van der Waals surface area contributed by atoms with Gasteiger partial charge in [0.25, 0.3) is 0 Å². The smallest absolute Gasteiger partial charge is 0.249 e. The van der Waals surface area contributed by atoms with Gasteiger partial charge in [-0.25, -0.2) is 9.37 Å². The number of nitrogens with one attached hydrogen (secondary N) is 2. The lowest BCUT2D eigenvalue weighted by Gasteiger charge is -2.37. The topological polar surface area (TPSA) is 106 Å². The SMILES string of the molecule is COc1cc(F)cc(Cn2cc(CNc3nc(C)c4c(n3)N(C)[C@@H]([C@@H](C)OC)C(=O)N4)cn2)c1. The van der Waals surface area contributed by atoms with Crippen molar-refractivity contribution in [3.8, 4) is 5.75 Å². The van der Waals surface area contributed by atoms with Crippen molar-refractivity contribution in [2.45, 2.75) is 39.1 Å². The zero-order valence-corrected chi connectivity index (χ0v) is 19.8. The largest absolute Gasteiger partial charge is 0.497 e. The lowest BCUT2D eigenvalue weighted by molar-refractivity contribution is -0.120. The lowest BCUT2D eigenvalue weighted by atomic mass is 10.1. The minimum absolute atomic E-state index is 0.153. The average Bonchev–Trinajstić information content (AvgIpc) is 3.25. The lowest BCUT2D eigenvalue weighted by Crippen LogP contribution is -2.53. The van der Waals surface area contributed by atoms with E-state index >= 15 is 0 Å². The second-order valence-corrected chi connectivity index (χ2v) is 8.22. The van der Waals surface area contributed by atoms with Crippen molar-refractivity contribution in [2.24, 2.45) is 0 Å². The number of anilines is 3. The van der Waals surface area contributed by atoms with Crippen LogP contribution >= 0.6 is 0 Å². The number of aryl methyl sites for hydroxylation is 1. The van der Waals surface area contributed by atoms with Gasteiger partial charge in [-0.1, -0.05) is 0 Å². The van der Waals surface area contributed by atoms with Crippen LogP contribution in [0.3, 0.4) is 0 Å². The third-order valence-electron chi connectivity index (χ3n) is 5.80. The minimum Gasteiger partial charge on any atom is -0.497 e. The number of hydrogen-bond donors (Lipinski definition) is 2. The fourth-order valence-electron chi connectivity index (χ4n) is 3.98. The molecule has 10 nitrogen and oxygen atoms in total. The predicted molar refractivity (Wildman–Crippen MR) is 126 cm³/mol. The first-order valence-electron chi connectivity index (χ1n) is 10.8. The van der Waals surface area contributed by atoms with E-state index in [1.165, 1.54) is 19.2 Å². The van der Waals surface area contributed by atoms with Gasteiger partial charge in [-0.05, 0) is 31.5 Å². The van der Waals surface area contributed by atoms with Crippen molar-refractivity contribution in [2.75, 3.05) is 36.8 Å². The molecule has 0 saturated carbocycles. The van der Waals surface area contributed by atoms with Gasteiger partial charge in [0.15, 0.2) is 5.82 Å². The fraction of sp³-hybridized carbons (Fsp3) is 0.391. The maximum atomic E-state index is 13.8. The van der Waals surface area contributed by atoms with Gasteiger partial charge in [0.2, 0.25) is 11.9 Å². The number of carbonyl (C=O) groups excluding carboxylic acids is 1.